The molecule has 0 amide bonds. The van der Waals surface area contributed by atoms with E-state index in [4.69, 9.17) is 11.6 Å². The fraction of sp³-hybridized carbons (Fsp3) is 0.600. The molecular weight excluding hydrogens is 462 g/mol. The van der Waals surface area contributed by atoms with E-state index in [-0.39, 0.29) is 8.80 Å². The van der Waals surface area contributed by atoms with Crippen LogP contribution in [-0.4, -0.2) is 8.80 Å². The lowest BCUT2D eigenvalue weighted by molar-refractivity contribution is 0.186. The molecule has 0 bridgehead atoms. The Labute approximate surface area is 212 Å². The fourth-order valence-electron chi connectivity index (χ4n) is 6.54. The number of aryl methyl sites for hydroxylation is 1. The topological polar surface area (TPSA) is 0 Å². The van der Waals surface area contributed by atoms with Crippen molar-refractivity contribution in [3.05, 3.63) is 58.6 Å². The van der Waals surface area contributed by atoms with Gasteiger partial charge in [0, 0.05) is 8.80 Å². The number of hydrogen-bond donors (Lipinski definition) is 0. The molecule has 1 aliphatic heterocycles. The van der Waals surface area contributed by atoms with E-state index in [1.807, 2.05) is 12.1 Å². The maximum absolute atomic E-state index is 13.8. The highest BCUT2D eigenvalue weighted by Crippen LogP contribution is 2.42. The van der Waals surface area contributed by atoms with E-state index >= 15 is 0 Å². The molecular formula is C30H41ClF2Si. The van der Waals surface area contributed by atoms with Crippen molar-refractivity contribution in [3.63, 3.8) is 0 Å². The van der Waals surface area contributed by atoms with Gasteiger partial charge in [-0.05, 0) is 72.3 Å². The van der Waals surface area contributed by atoms with Crippen molar-refractivity contribution in [3.8, 4) is 11.1 Å². The monoisotopic (exact) mass is 502 g/mol. The van der Waals surface area contributed by atoms with Crippen LogP contribution in [0, 0.1) is 29.4 Å². The van der Waals surface area contributed by atoms with Crippen LogP contribution in [0.3, 0.4) is 0 Å². The van der Waals surface area contributed by atoms with E-state index in [0.29, 0.717) is 5.56 Å². The van der Waals surface area contributed by atoms with E-state index in [1.165, 1.54) is 69.1 Å². The van der Waals surface area contributed by atoms with Crippen LogP contribution in [0.4, 0.5) is 8.78 Å². The number of halogens is 3. The molecule has 4 rings (SSSR count). The predicted molar refractivity (Wildman–Crippen MR) is 144 cm³/mol. The molecule has 2 fully saturated rings. The lowest BCUT2D eigenvalue weighted by Crippen LogP contribution is -2.28. The van der Waals surface area contributed by atoms with Gasteiger partial charge in [-0.25, -0.2) is 8.78 Å². The summed E-state index contributed by atoms with van der Waals surface area (Å²) in [5.41, 5.74) is 2.66. The Balaban J connectivity index is 1.18. The average Bonchev–Trinajstić information content (AvgIpc) is 2.87. The first kappa shape index (κ1) is 25.9. The van der Waals surface area contributed by atoms with Crippen molar-refractivity contribution in [1.82, 2.24) is 0 Å². The van der Waals surface area contributed by atoms with Crippen molar-refractivity contribution in [2.75, 3.05) is 0 Å². The predicted octanol–water partition coefficient (Wildman–Crippen LogP) is 9.85. The molecule has 0 spiro atoms. The Morgan fingerprint density at radius 3 is 2.06 bits per heavy atom. The molecule has 1 heterocycles. The van der Waals surface area contributed by atoms with Crippen LogP contribution < -0.4 is 0 Å². The van der Waals surface area contributed by atoms with Gasteiger partial charge in [0.2, 0.25) is 0 Å². The Kier molecular flexibility index (Phi) is 9.65. The second-order valence-electron chi connectivity index (χ2n) is 11.0. The lowest BCUT2D eigenvalue weighted by atomic mass is 9.73. The van der Waals surface area contributed by atoms with Crippen LogP contribution >= 0.6 is 11.6 Å². The number of unbranched alkanes of at least 4 members (excludes halogenated alkanes) is 2. The zero-order chi connectivity index (χ0) is 23.9. The minimum Gasteiger partial charge on any atom is -0.205 e. The smallest absolute Gasteiger partial charge is 0.145 e. The highest BCUT2D eigenvalue weighted by atomic mass is 35.5. The second-order valence-corrected chi connectivity index (χ2v) is 14.9. The zero-order valence-corrected chi connectivity index (χ0v) is 22.7. The van der Waals surface area contributed by atoms with Crippen molar-refractivity contribution in [2.45, 2.75) is 95.7 Å². The lowest BCUT2D eigenvalue weighted by Gasteiger charge is -2.37. The molecule has 0 radical (unpaired) electrons. The van der Waals surface area contributed by atoms with E-state index in [2.05, 4.69) is 19.1 Å². The van der Waals surface area contributed by atoms with E-state index < -0.39 is 16.7 Å². The van der Waals surface area contributed by atoms with Gasteiger partial charge in [0.15, 0.2) is 0 Å². The van der Waals surface area contributed by atoms with Crippen LogP contribution in [0.2, 0.25) is 23.2 Å². The normalized spacial score (nSPS) is 25.4. The quantitative estimate of drug-likeness (QED) is 0.182. The van der Waals surface area contributed by atoms with E-state index in [9.17, 15) is 8.78 Å². The summed E-state index contributed by atoms with van der Waals surface area (Å²) >= 11 is 5.61. The summed E-state index contributed by atoms with van der Waals surface area (Å²) < 4.78 is 27.6. The minimum absolute atomic E-state index is 0.384. The summed E-state index contributed by atoms with van der Waals surface area (Å²) in [4.78, 5) is 0. The third kappa shape index (κ3) is 6.94. The van der Waals surface area contributed by atoms with Crippen molar-refractivity contribution < 1.29 is 8.78 Å². The van der Waals surface area contributed by atoms with Gasteiger partial charge in [-0.3, -0.25) is 0 Å². The summed E-state index contributed by atoms with van der Waals surface area (Å²) in [5, 5.41) is -0.438. The molecule has 1 saturated carbocycles. The molecule has 0 N–H and O–H groups in total. The summed E-state index contributed by atoms with van der Waals surface area (Å²) in [7, 11) is -0.384. The van der Waals surface area contributed by atoms with Crippen LogP contribution in [-0.2, 0) is 6.42 Å². The summed E-state index contributed by atoms with van der Waals surface area (Å²) in [5.74, 6) is 1.47. The maximum atomic E-state index is 13.8. The molecule has 1 saturated heterocycles. The molecule has 34 heavy (non-hydrogen) atoms. The van der Waals surface area contributed by atoms with Gasteiger partial charge < -0.3 is 0 Å². The zero-order valence-electron chi connectivity index (χ0n) is 20.8. The first-order valence-electron chi connectivity index (χ1n) is 13.8. The van der Waals surface area contributed by atoms with Gasteiger partial charge in [0.25, 0.3) is 0 Å². The molecule has 0 unspecified atom stereocenters. The van der Waals surface area contributed by atoms with Gasteiger partial charge >= 0.3 is 0 Å². The highest BCUT2D eigenvalue weighted by Gasteiger charge is 2.31. The van der Waals surface area contributed by atoms with Gasteiger partial charge in [-0.15, -0.1) is 0 Å². The first-order chi connectivity index (χ1) is 16.5. The molecule has 0 aromatic heterocycles. The summed E-state index contributed by atoms with van der Waals surface area (Å²) in [6.45, 7) is 2.32. The molecule has 2 aromatic carbocycles. The molecule has 0 nitrogen and oxygen atoms in total. The molecule has 1 aliphatic carbocycles. The standard InChI is InChI=1S/C30H41ClF2Si/c1-2-3-4-17-34-18-15-26(16-19-34)24-11-7-22(8-12-24)5-6-23-9-13-25(14-10-23)27-20-28(32)30(31)29(33)21-27/h9-10,13-14,20-22,24,26,34H,2-8,11-12,15-19H2,1H3/t22-,24-,26?,34?. The van der Waals surface area contributed by atoms with E-state index in [0.717, 1.165) is 29.7 Å². The number of hydrogen-bond acceptors (Lipinski definition) is 0. The maximum Gasteiger partial charge on any atom is 0.145 e. The van der Waals surface area contributed by atoms with Crippen LogP contribution in [0.15, 0.2) is 36.4 Å². The van der Waals surface area contributed by atoms with Crippen LogP contribution in [0.1, 0.15) is 76.7 Å². The van der Waals surface area contributed by atoms with Crippen LogP contribution in [0.5, 0.6) is 0 Å². The number of rotatable bonds is 9. The first-order valence-corrected chi connectivity index (χ1v) is 16.6. The van der Waals surface area contributed by atoms with Gasteiger partial charge in [-0.1, -0.05) is 106 Å². The van der Waals surface area contributed by atoms with Gasteiger partial charge in [0.1, 0.15) is 16.7 Å². The van der Waals surface area contributed by atoms with Crippen molar-refractivity contribution >= 4 is 20.4 Å². The Morgan fingerprint density at radius 1 is 0.824 bits per heavy atom. The fourth-order valence-corrected chi connectivity index (χ4v) is 10.2. The Hall–Kier alpha value is -1.19. The molecule has 2 aromatic rings. The van der Waals surface area contributed by atoms with E-state index in [1.54, 1.807) is 31.0 Å². The van der Waals surface area contributed by atoms with Crippen LogP contribution in [0.25, 0.3) is 11.1 Å². The molecule has 4 heteroatoms. The minimum atomic E-state index is -0.710. The molecule has 186 valence electrons. The summed E-state index contributed by atoms with van der Waals surface area (Å²) in [6, 6.07) is 15.6. The molecule has 0 atom stereocenters. The summed E-state index contributed by atoms with van der Waals surface area (Å²) in [6.07, 6.45) is 15.5. The second kappa shape index (κ2) is 12.7. The van der Waals surface area contributed by atoms with Crippen molar-refractivity contribution in [1.29, 1.82) is 0 Å². The Morgan fingerprint density at radius 2 is 1.44 bits per heavy atom. The average molecular weight is 503 g/mol. The number of benzene rings is 2. The Bertz CT molecular complexity index is 874. The van der Waals surface area contributed by atoms with Gasteiger partial charge in [-0.2, -0.15) is 0 Å². The SMILES string of the molecule is CCCCC[SiH]1CCC([C@H]2CC[C@H](CCc3ccc(-c4cc(F)c(Cl)c(F)c4)cc3)CC2)CC1. The third-order valence-corrected chi connectivity index (χ3v) is 12.7. The van der Waals surface area contributed by atoms with Crippen molar-refractivity contribution in [2.24, 2.45) is 17.8 Å². The van der Waals surface area contributed by atoms with Gasteiger partial charge in [0.05, 0.1) is 0 Å². The largest absolute Gasteiger partial charge is 0.205 e. The third-order valence-electron chi connectivity index (χ3n) is 8.78. The highest BCUT2D eigenvalue weighted by molar-refractivity contribution is 6.58. The molecule has 2 aliphatic rings.